The molecule has 2 bridgehead atoms. The van der Waals surface area contributed by atoms with Gasteiger partial charge in [-0.2, -0.15) is 0 Å². The Labute approximate surface area is 90.6 Å². The summed E-state index contributed by atoms with van der Waals surface area (Å²) < 4.78 is 12.5. The Morgan fingerprint density at radius 2 is 1.87 bits per heavy atom. The van der Waals surface area contributed by atoms with Gasteiger partial charge in [-0.3, -0.25) is 0 Å². The van der Waals surface area contributed by atoms with Crippen LogP contribution in [0, 0.1) is 17.8 Å². The van der Waals surface area contributed by atoms with Crippen molar-refractivity contribution in [2.45, 2.75) is 50.6 Å². The first-order valence-electron chi connectivity index (χ1n) is 6.23. The Hall–Kier alpha value is -0.340. The fraction of sp³-hybridized carbons (Fsp3) is 0.846. The highest BCUT2D eigenvalue weighted by Gasteiger charge is 2.77. The SMILES string of the molecule is C[C@@H]1C[C@@H](C)O[C@]23[C@@H]4C=C[C@H]2[C@@H](C[C@@H]43)O1. The molecular weight excluding hydrogens is 188 g/mol. The van der Waals surface area contributed by atoms with Gasteiger partial charge in [-0.25, -0.2) is 0 Å². The summed E-state index contributed by atoms with van der Waals surface area (Å²) in [5, 5.41) is 0. The smallest absolute Gasteiger partial charge is 0.0874 e. The van der Waals surface area contributed by atoms with Gasteiger partial charge in [0.15, 0.2) is 0 Å². The molecular formula is C13H18O2. The first kappa shape index (κ1) is 8.77. The third-order valence-corrected chi connectivity index (χ3v) is 4.83. The summed E-state index contributed by atoms with van der Waals surface area (Å²) in [4.78, 5) is 0. The lowest BCUT2D eigenvalue weighted by Gasteiger charge is -2.34. The second kappa shape index (κ2) is 2.49. The molecule has 0 aromatic carbocycles. The zero-order valence-corrected chi connectivity index (χ0v) is 9.35. The molecule has 0 radical (unpaired) electrons. The second-order valence-corrected chi connectivity index (χ2v) is 5.78. The van der Waals surface area contributed by atoms with Crippen molar-refractivity contribution in [3.05, 3.63) is 12.2 Å². The van der Waals surface area contributed by atoms with Crippen molar-refractivity contribution in [2.24, 2.45) is 17.8 Å². The summed E-state index contributed by atoms with van der Waals surface area (Å²) in [6.07, 6.45) is 8.14. The summed E-state index contributed by atoms with van der Waals surface area (Å²) in [5.74, 6) is 2.04. The lowest BCUT2D eigenvalue weighted by molar-refractivity contribution is -0.129. The van der Waals surface area contributed by atoms with Crippen LogP contribution >= 0.6 is 0 Å². The van der Waals surface area contributed by atoms with E-state index in [2.05, 4.69) is 26.0 Å². The molecule has 0 aromatic rings. The normalized spacial score (nSPS) is 64.9. The van der Waals surface area contributed by atoms with E-state index < -0.39 is 0 Å². The van der Waals surface area contributed by atoms with Crippen molar-refractivity contribution in [3.8, 4) is 0 Å². The van der Waals surface area contributed by atoms with Crippen molar-refractivity contribution in [2.75, 3.05) is 0 Å². The Kier molecular flexibility index (Phi) is 1.46. The van der Waals surface area contributed by atoms with E-state index in [1.165, 1.54) is 6.42 Å². The van der Waals surface area contributed by atoms with E-state index in [1.807, 2.05) is 0 Å². The van der Waals surface area contributed by atoms with Gasteiger partial charge in [-0.1, -0.05) is 12.2 Å². The van der Waals surface area contributed by atoms with Crippen LogP contribution in [0.15, 0.2) is 12.2 Å². The van der Waals surface area contributed by atoms with E-state index in [-0.39, 0.29) is 5.60 Å². The van der Waals surface area contributed by atoms with Crippen molar-refractivity contribution in [1.29, 1.82) is 0 Å². The molecule has 0 aromatic heterocycles. The van der Waals surface area contributed by atoms with E-state index >= 15 is 0 Å². The van der Waals surface area contributed by atoms with Crippen LogP contribution < -0.4 is 0 Å². The third-order valence-electron chi connectivity index (χ3n) is 4.83. The predicted molar refractivity (Wildman–Crippen MR) is 56.5 cm³/mol. The Balaban J connectivity index is 1.72. The molecule has 3 aliphatic carbocycles. The first-order chi connectivity index (χ1) is 7.22. The van der Waals surface area contributed by atoms with Crippen molar-refractivity contribution in [3.63, 3.8) is 0 Å². The van der Waals surface area contributed by atoms with Gasteiger partial charge in [0.05, 0.1) is 23.9 Å². The molecule has 4 aliphatic rings. The lowest BCUT2D eigenvalue weighted by Crippen LogP contribution is -2.39. The fourth-order valence-electron chi connectivity index (χ4n) is 4.37. The summed E-state index contributed by atoms with van der Waals surface area (Å²) in [6, 6.07) is 0. The van der Waals surface area contributed by atoms with Crippen LogP contribution in [-0.2, 0) is 9.47 Å². The van der Waals surface area contributed by atoms with Gasteiger partial charge in [0.25, 0.3) is 0 Å². The average molecular weight is 206 g/mol. The molecule has 7 atom stereocenters. The average Bonchev–Trinajstić information content (AvgIpc) is 2.46. The molecule has 1 saturated heterocycles. The fourth-order valence-corrected chi connectivity index (χ4v) is 4.37. The van der Waals surface area contributed by atoms with Gasteiger partial charge in [-0.05, 0) is 26.7 Å². The largest absolute Gasteiger partial charge is 0.374 e. The number of hydrogen-bond donors (Lipinski definition) is 0. The predicted octanol–water partition coefficient (Wildman–Crippen LogP) is 2.14. The number of fused-ring (bicyclic) bond motifs is 1. The maximum atomic E-state index is 6.36. The minimum Gasteiger partial charge on any atom is -0.374 e. The number of rotatable bonds is 0. The van der Waals surface area contributed by atoms with E-state index in [4.69, 9.17) is 9.47 Å². The minimum atomic E-state index is 0.185. The van der Waals surface area contributed by atoms with Gasteiger partial charge >= 0.3 is 0 Å². The van der Waals surface area contributed by atoms with Gasteiger partial charge in [0.1, 0.15) is 0 Å². The molecule has 0 N–H and O–H groups in total. The molecule has 1 aliphatic heterocycles. The van der Waals surface area contributed by atoms with Crippen molar-refractivity contribution < 1.29 is 9.47 Å². The highest BCUT2D eigenvalue weighted by Crippen LogP contribution is 2.71. The lowest BCUT2D eigenvalue weighted by atomic mass is 9.98. The molecule has 0 amide bonds. The van der Waals surface area contributed by atoms with Gasteiger partial charge < -0.3 is 9.47 Å². The number of hydrogen-bond acceptors (Lipinski definition) is 2. The van der Waals surface area contributed by atoms with E-state index in [0.717, 1.165) is 18.3 Å². The van der Waals surface area contributed by atoms with E-state index in [9.17, 15) is 0 Å². The van der Waals surface area contributed by atoms with Crippen LogP contribution in [0.2, 0.25) is 0 Å². The van der Waals surface area contributed by atoms with Crippen molar-refractivity contribution >= 4 is 0 Å². The molecule has 1 spiro atoms. The minimum absolute atomic E-state index is 0.185. The van der Waals surface area contributed by atoms with Crippen LogP contribution in [0.4, 0.5) is 0 Å². The molecule has 2 saturated carbocycles. The molecule has 4 rings (SSSR count). The third kappa shape index (κ3) is 0.891. The Morgan fingerprint density at radius 1 is 1.07 bits per heavy atom. The summed E-state index contributed by atoms with van der Waals surface area (Å²) in [5.41, 5.74) is 0.185. The maximum absolute atomic E-state index is 6.36. The Morgan fingerprint density at radius 3 is 2.73 bits per heavy atom. The molecule has 0 unspecified atom stereocenters. The van der Waals surface area contributed by atoms with E-state index in [1.54, 1.807) is 0 Å². The second-order valence-electron chi connectivity index (χ2n) is 5.78. The van der Waals surface area contributed by atoms with E-state index in [0.29, 0.717) is 24.2 Å². The zero-order valence-electron chi connectivity index (χ0n) is 9.35. The van der Waals surface area contributed by atoms with Crippen LogP contribution in [0.25, 0.3) is 0 Å². The summed E-state index contributed by atoms with van der Waals surface area (Å²) in [6.45, 7) is 4.38. The van der Waals surface area contributed by atoms with Crippen LogP contribution in [0.5, 0.6) is 0 Å². The molecule has 1 heterocycles. The Bertz CT molecular complexity index is 337. The molecule has 82 valence electrons. The molecule has 2 heteroatoms. The molecule has 3 fully saturated rings. The molecule has 2 nitrogen and oxygen atoms in total. The standard InChI is InChI=1S/C13H18O2/c1-7-5-8(2)15-13-9-3-4-10(13)12(14-7)6-11(9)13/h3-4,7-12H,5-6H2,1-2H3/t7-,8-,9-,10+,11+,12-,13-/m1/s1. The van der Waals surface area contributed by atoms with Gasteiger partial charge in [-0.15, -0.1) is 0 Å². The maximum Gasteiger partial charge on any atom is 0.0874 e. The zero-order chi connectivity index (χ0) is 10.2. The van der Waals surface area contributed by atoms with Crippen LogP contribution in [-0.4, -0.2) is 23.9 Å². The van der Waals surface area contributed by atoms with Crippen LogP contribution in [0.3, 0.4) is 0 Å². The summed E-state index contributed by atoms with van der Waals surface area (Å²) in [7, 11) is 0. The topological polar surface area (TPSA) is 18.5 Å². The molecule has 15 heavy (non-hydrogen) atoms. The van der Waals surface area contributed by atoms with Crippen LogP contribution in [0.1, 0.15) is 26.7 Å². The highest BCUT2D eigenvalue weighted by molar-refractivity contribution is 5.38. The number of ether oxygens (including phenoxy) is 2. The van der Waals surface area contributed by atoms with Crippen molar-refractivity contribution in [1.82, 2.24) is 0 Å². The first-order valence-corrected chi connectivity index (χ1v) is 6.23. The van der Waals surface area contributed by atoms with Gasteiger partial charge in [0.2, 0.25) is 0 Å². The van der Waals surface area contributed by atoms with Gasteiger partial charge in [0, 0.05) is 17.8 Å². The summed E-state index contributed by atoms with van der Waals surface area (Å²) >= 11 is 0. The monoisotopic (exact) mass is 206 g/mol. The highest BCUT2D eigenvalue weighted by atomic mass is 16.5. The quantitative estimate of drug-likeness (QED) is 0.565.